The van der Waals surface area contributed by atoms with Gasteiger partial charge in [0.25, 0.3) is 0 Å². The number of aromatic nitrogens is 2. The molecule has 5 nitrogen and oxygen atoms in total. The summed E-state index contributed by atoms with van der Waals surface area (Å²) in [7, 11) is 0. The largest absolute Gasteiger partial charge is 0.439 e. The predicted molar refractivity (Wildman–Crippen MR) is 108 cm³/mol. The summed E-state index contributed by atoms with van der Waals surface area (Å²) < 4.78 is 5.69. The van der Waals surface area contributed by atoms with E-state index < -0.39 is 0 Å². The number of ether oxygens (including phenoxy) is 1. The first-order valence-electron chi connectivity index (χ1n) is 8.00. The van der Waals surface area contributed by atoms with Crippen molar-refractivity contribution in [2.75, 3.05) is 5.32 Å². The number of hydrogen-bond donors (Lipinski definition) is 2. The van der Waals surface area contributed by atoms with Gasteiger partial charge in [-0.15, -0.1) is 0 Å². The monoisotopic (exact) mass is 384 g/mol. The standard InChI is InChI=1S/C19H17ClN4OS/c1-13(14-8-4-2-5-9-14)21-19(26)24-18-22-16(20)12-17(23-18)25-15-10-6-3-7-11-15/h2-13H,1H3,(H2,21,22,23,24,26)/t13-/m0/s1. The maximum absolute atomic E-state index is 6.07. The zero-order chi connectivity index (χ0) is 18.4. The maximum Gasteiger partial charge on any atom is 0.233 e. The van der Waals surface area contributed by atoms with E-state index in [1.54, 1.807) is 6.07 Å². The molecule has 0 amide bonds. The highest BCUT2D eigenvalue weighted by atomic mass is 35.5. The van der Waals surface area contributed by atoms with Gasteiger partial charge in [-0.2, -0.15) is 4.98 Å². The summed E-state index contributed by atoms with van der Waals surface area (Å²) in [5.74, 6) is 1.26. The third kappa shape index (κ3) is 5.15. The lowest BCUT2D eigenvalue weighted by atomic mass is 10.1. The van der Waals surface area contributed by atoms with Crippen molar-refractivity contribution in [3.05, 3.63) is 77.4 Å². The summed E-state index contributed by atoms with van der Waals surface area (Å²) in [6.07, 6.45) is 0. The predicted octanol–water partition coefficient (Wildman–Crippen LogP) is 4.97. The normalized spacial score (nSPS) is 11.5. The number of para-hydroxylation sites is 1. The van der Waals surface area contributed by atoms with Crippen LogP contribution in [0.1, 0.15) is 18.5 Å². The van der Waals surface area contributed by atoms with E-state index in [2.05, 4.69) is 20.6 Å². The minimum atomic E-state index is 0.0374. The zero-order valence-electron chi connectivity index (χ0n) is 14.0. The van der Waals surface area contributed by atoms with Crippen LogP contribution in [0.3, 0.4) is 0 Å². The molecular formula is C19H17ClN4OS. The van der Waals surface area contributed by atoms with Crippen LogP contribution in [0.2, 0.25) is 5.15 Å². The first-order chi connectivity index (χ1) is 12.6. The number of halogens is 1. The first kappa shape index (κ1) is 18.1. The van der Waals surface area contributed by atoms with Gasteiger partial charge in [-0.1, -0.05) is 60.1 Å². The Hall–Kier alpha value is -2.70. The fraction of sp³-hybridized carbons (Fsp3) is 0.105. The molecule has 3 aromatic rings. The lowest BCUT2D eigenvalue weighted by Gasteiger charge is -2.17. The Labute approximate surface area is 162 Å². The van der Waals surface area contributed by atoms with Gasteiger partial charge < -0.3 is 15.4 Å². The van der Waals surface area contributed by atoms with E-state index in [1.807, 2.05) is 67.6 Å². The Bertz CT molecular complexity index is 877. The summed E-state index contributed by atoms with van der Waals surface area (Å²) in [5.41, 5.74) is 1.12. The molecule has 0 aliphatic heterocycles. The Morgan fingerprint density at radius 3 is 2.38 bits per heavy atom. The molecule has 132 valence electrons. The fourth-order valence-corrected chi connectivity index (χ4v) is 2.72. The van der Waals surface area contributed by atoms with Gasteiger partial charge in [0.05, 0.1) is 6.04 Å². The van der Waals surface area contributed by atoms with E-state index in [9.17, 15) is 0 Å². The lowest BCUT2D eigenvalue weighted by Crippen LogP contribution is -2.31. The second kappa shape index (κ2) is 8.60. The highest BCUT2D eigenvalue weighted by Gasteiger charge is 2.10. The molecule has 2 aromatic carbocycles. The molecule has 0 saturated carbocycles. The third-order valence-electron chi connectivity index (χ3n) is 3.51. The number of hydrogen-bond acceptors (Lipinski definition) is 4. The second-order valence-electron chi connectivity index (χ2n) is 5.50. The molecule has 0 aliphatic carbocycles. The van der Waals surface area contributed by atoms with Gasteiger partial charge in [-0.25, -0.2) is 4.98 Å². The van der Waals surface area contributed by atoms with Gasteiger partial charge >= 0.3 is 0 Å². The van der Waals surface area contributed by atoms with E-state index in [0.29, 0.717) is 16.7 Å². The van der Waals surface area contributed by atoms with E-state index in [-0.39, 0.29) is 17.1 Å². The number of rotatable bonds is 5. The number of thiocarbonyl (C=S) groups is 1. The lowest BCUT2D eigenvalue weighted by molar-refractivity contribution is 0.462. The Morgan fingerprint density at radius 2 is 1.69 bits per heavy atom. The van der Waals surface area contributed by atoms with Gasteiger partial charge in [0.1, 0.15) is 10.9 Å². The molecule has 0 unspecified atom stereocenters. The maximum atomic E-state index is 6.07. The Balaban J connectivity index is 1.66. The minimum Gasteiger partial charge on any atom is -0.439 e. The SMILES string of the molecule is C[C@H](NC(=S)Nc1nc(Cl)cc(Oc2ccccc2)n1)c1ccccc1. The number of nitrogens with zero attached hydrogens (tertiary/aromatic N) is 2. The summed E-state index contributed by atoms with van der Waals surface area (Å²) in [5, 5.41) is 6.79. The van der Waals surface area contributed by atoms with Crippen molar-refractivity contribution in [1.82, 2.24) is 15.3 Å². The molecule has 3 rings (SSSR count). The quantitative estimate of drug-likeness (QED) is 0.478. The van der Waals surface area contributed by atoms with Crippen LogP contribution in [0, 0.1) is 0 Å². The third-order valence-corrected chi connectivity index (χ3v) is 3.92. The van der Waals surface area contributed by atoms with E-state index >= 15 is 0 Å². The first-order valence-corrected chi connectivity index (χ1v) is 8.79. The van der Waals surface area contributed by atoms with Gasteiger partial charge in [-0.3, -0.25) is 0 Å². The van der Waals surface area contributed by atoms with E-state index in [4.69, 9.17) is 28.6 Å². The molecule has 26 heavy (non-hydrogen) atoms. The molecule has 0 fully saturated rings. The molecule has 1 atom stereocenters. The molecule has 0 aliphatic rings. The summed E-state index contributed by atoms with van der Waals surface area (Å²) in [4.78, 5) is 8.42. The highest BCUT2D eigenvalue weighted by Crippen LogP contribution is 2.22. The van der Waals surface area contributed by atoms with Gasteiger partial charge in [0.15, 0.2) is 5.11 Å². The number of anilines is 1. The van der Waals surface area contributed by atoms with Crippen LogP contribution in [0.25, 0.3) is 0 Å². The van der Waals surface area contributed by atoms with Crippen LogP contribution in [0.15, 0.2) is 66.7 Å². The van der Waals surface area contributed by atoms with Crippen molar-refractivity contribution in [1.29, 1.82) is 0 Å². The van der Waals surface area contributed by atoms with E-state index in [0.717, 1.165) is 5.56 Å². The minimum absolute atomic E-state index is 0.0374. The van der Waals surface area contributed by atoms with Crippen molar-refractivity contribution in [2.45, 2.75) is 13.0 Å². The fourth-order valence-electron chi connectivity index (χ4n) is 2.27. The molecule has 0 bridgehead atoms. The van der Waals surface area contributed by atoms with Crippen LogP contribution in [-0.2, 0) is 0 Å². The van der Waals surface area contributed by atoms with Crippen molar-refractivity contribution in [2.24, 2.45) is 0 Å². The van der Waals surface area contributed by atoms with Crippen LogP contribution in [-0.4, -0.2) is 15.1 Å². The highest BCUT2D eigenvalue weighted by molar-refractivity contribution is 7.80. The van der Waals surface area contributed by atoms with Crippen LogP contribution < -0.4 is 15.4 Å². The van der Waals surface area contributed by atoms with Crippen molar-refractivity contribution in [3.8, 4) is 11.6 Å². The summed E-state index contributed by atoms with van der Waals surface area (Å²) in [6, 6.07) is 20.9. The molecule has 0 saturated heterocycles. The molecule has 0 spiro atoms. The Kier molecular flexibility index (Phi) is 5.99. The topological polar surface area (TPSA) is 59.1 Å². The number of nitrogens with one attached hydrogen (secondary N) is 2. The van der Waals surface area contributed by atoms with Crippen LogP contribution in [0.4, 0.5) is 5.95 Å². The molecule has 1 aromatic heterocycles. The number of benzene rings is 2. The Morgan fingerprint density at radius 1 is 1.04 bits per heavy atom. The smallest absolute Gasteiger partial charge is 0.233 e. The van der Waals surface area contributed by atoms with Gasteiger partial charge in [-0.05, 0) is 36.8 Å². The van der Waals surface area contributed by atoms with Crippen molar-refractivity contribution in [3.63, 3.8) is 0 Å². The van der Waals surface area contributed by atoms with Crippen LogP contribution in [0.5, 0.6) is 11.6 Å². The molecule has 0 radical (unpaired) electrons. The molecule has 2 N–H and O–H groups in total. The average Bonchev–Trinajstić information content (AvgIpc) is 2.62. The molecule has 7 heteroatoms. The zero-order valence-corrected chi connectivity index (χ0v) is 15.6. The molecule has 1 heterocycles. The second-order valence-corrected chi connectivity index (χ2v) is 6.29. The van der Waals surface area contributed by atoms with Crippen LogP contribution >= 0.6 is 23.8 Å². The van der Waals surface area contributed by atoms with E-state index in [1.165, 1.54) is 0 Å². The van der Waals surface area contributed by atoms with Gasteiger partial charge in [0, 0.05) is 6.07 Å². The van der Waals surface area contributed by atoms with Gasteiger partial charge in [0.2, 0.25) is 11.8 Å². The molecular weight excluding hydrogens is 368 g/mol. The summed E-state index contributed by atoms with van der Waals surface area (Å²) >= 11 is 11.4. The van der Waals surface area contributed by atoms with Crippen molar-refractivity contribution < 1.29 is 4.74 Å². The van der Waals surface area contributed by atoms with Crippen molar-refractivity contribution >= 4 is 34.9 Å². The summed E-state index contributed by atoms with van der Waals surface area (Å²) in [6.45, 7) is 2.02. The average molecular weight is 385 g/mol.